The second-order valence-electron chi connectivity index (χ2n) is 6.88. The number of aromatic amines is 1. The first kappa shape index (κ1) is 19.3. The van der Waals surface area contributed by atoms with E-state index in [0.717, 1.165) is 26.1 Å². The van der Waals surface area contributed by atoms with Crippen molar-refractivity contribution in [3.05, 3.63) is 28.4 Å². The zero-order chi connectivity index (χ0) is 19.7. The Morgan fingerprint density at radius 2 is 2.00 bits per heavy atom. The summed E-state index contributed by atoms with van der Waals surface area (Å²) in [5.74, 6) is 0.319. The molecule has 0 atom stereocenters. The van der Waals surface area contributed by atoms with E-state index in [0.29, 0.717) is 31.6 Å². The number of phenolic OH excluding ortho intramolecular Hbond substituents is 2. The summed E-state index contributed by atoms with van der Waals surface area (Å²) in [4.78, 5) is 12.7. The molecular formula is C18H21BrN6O2S. The third-order valence-corrected chi connectivity index (χ3v) is 6.83. The molecule has 0 saturated carbocycles. The van der Waals surface area contributed by atoms with Crippen molar-refractivity contribution in [2.24, 2.45) is 5.92 Å². The van der Waals surface area contributed by atoms with Crippen molar-refractivity contribution in [3.63, 3.8) is 0 Å². The number of nitrogens with one attached hydrogen (secondary N) is 3. The van der Waals surface area contributed by atoms with Crippen LogP contribution in [0.3, 0.4) is 0 Å². The molecule has 8 nitrogen and oxygen atoms in total. The topological polar surface area (TPSA) is 123 Å². The number of aromatic hydroxyl groups is 2. The molecular weight excluding hydrogens is 444 g/mol. The molecule has 1 fully saturated rings. The summed E-state index contributed by atoms with van der Waals surface area (Å²) in [6, 6.07) is 2.92. The Bertz CT molecular complexity index is 1060. The highest BCUT2D eigenvalue weighted by molar-refractivity contribution is 9.10. The fraction of sp³-hybridized carbons (Fsp3) is 0.389. The number of halogens is 1. The third kappa shape index (κ3) is 4.03. The number of aromatic nitrogens is 4. The molecule has 3 heterocycles. The van der Waals surface area contributed by atoms with Gasteiger partial charge in [0.15, 0.2) is 27.8 Å². The quantitative estimate of drug-likeness (QED) is 0.370. The van der Waals surface area contributed by atoms with Gasteiger partial charge in [0.2, 0.25) is 0 Å². The SMILES string of the molecule is N=c1ncn(CCC2CCNCC2)c2nc(Sc3cc(O)c(O)cc3Br)[nH]c12. The molecule has 1 aromatic carbocycles. The Balaban J connectivity index is 1.60. The van der Waals surface area contributed by atoms with Gasteiger partial charge in [-0.3, -0.25) is 5.41 Å². The molecule has 10 heteroatoms. The lowest BCUT2D eigenvalue weighted by atomic mass is 9.95. The highest BCUT2D eigenvalue weighted by Crippen LogP contribution is 2.39. The van der Waals surface area contributed by atoms with Crippen molar-refractivity contribution in [2.45, 2.75) is 35.9 Å². The summed E-state index contributed by atoms with van der Waals surface area (Å²) in [6.45, 7) is 2.96. The average Bonchev–Trinajstić information content (AvgIpc) is 3.11. The molecule has 0 amide bonds. The van der Waals surface area contributed by atoms with Crippen molar-refractivity contribution in [2.75, 3.05) is 13.1 Å². The Morgan fingerprint density at radius 3 is 2.79 bits per heavy atom. The van der Waals surface area contributed by atoms with Crippen LogP contribution < -0.4 is 10.8 Å². The zero-order valence-electron chi connectivity index (χ0n) is 15.1. The summed E-state index contributed by atoms with van der Waals surface area (Å²) in [6.07, 6.45) is 5.12. The number of aryl methyl sites for hydroxylation is 1. The smallest absolute Gasteiger partial charge is 0.173 e. The first-order valence-corrected chi connectivity index (χ1v) is 10.7. The Morgan fingerprint density at radius 1 is 1.25 bits per heavy atom. The maximum Gasteiger partial charge on any atom is 0.173 e. The molecule has 0 aliphatic carbocycles. The first-order chi connectivity index (χ1) is 13.5. The van der Waals surface area contributed by atoms with Gasteiger partial charge in [0.25, 0.3) is 0 Å². The van der Waals surface area contributed by atoms with Crippen LogP contribution in [0.25, 0.3) is 11.2 Å². The second-order valence-corrected chi connectivity index (χ2v) is 8.77. The van der Waals surface area contributed by atoms with Gasteiger partial charge in [-0.15, -0.1) is 0 Å². The molecule has 2 aromatic heterocycles. The largest absolute Gasteiger partial charge is 0.504 e. The number of H-pyrrole nitrogens is 1. The van der Waals surface area contributed by atoms with E-state index in [9.17, 15) is 10.2 Å². The van der Waals surface area contributed by atoms with Crippen molar-refractivity contribution in [3.8, 4) is 11.5 Å². The predicted octanol–water partition coefficient (Wildman–Crippen LogP) is 2.95. The molecule has 1 saturated heterocycles. The van der Waals surface area contributed by atoms with Crippen LogP contribution in [0.1, 0.15) is 19.3 Å². The molecule has 0 spiro atoms. The molecule has 0 radical (unpaired) electrons. The minimum atomic E-state index is -0.193. The lowest BCUT2D eigenvalue weighted by Crippen LogP contribution is -2.28. The van der Waals surface area contributed by atoms with Gasteiger partial charge < -0.3 is 25.1 Å². The van der Waals surface area contributed by atoms with Crippen LogP contribution in [0, 0.1) is 11.3 Å². The van der Waals surface area contributed by atoms with E-state index in [4.69, 9.17) is 5.41 Å². The van der Waals surface area contributed by atoms with Crippen LogP contribution in [0.4, 0.5) is 0 Å². The highest BCUT2D eigenvalue weighted by atomic mass is 79.9. The van der Waals surface area contributed by atoms with Crippen molar-refractivity contribution in [1.82, 2.24) is 24.8 Å². The molecule has 1 aliphatic rings. The molecule has 148 valence electrons. The summed E-state index contributed by atoms with van der Waals surface area (Å²) >= 11 is 4.70. The number of nitrogens with zero attached hydrogens (tertiary/aromatic N) is 3. The molecule has 5 N–H and O–H groups in total. The molecule has 1 aliphatic heterocycles. The summed E-state index contributed by atoms with van der Waals surface area (Å²) < 4.78 is 2.65. The van der Waals surface area contributed by atoms with E-state index in [1.165, 1.54) is 36.7 Å². The van der Waals surface area contributed by atoms with Gasteiger partial charge in [-0.25, -0.2) is 9.97 Å². The van der Waals surface area contributed by atoms with Crippen LogP contribution in [0.5, 0.6) is 11.5 Å². The lowest BCUT2D eigenvalue weighted by Gasteiger charge is -2.22. The summed E-state index contributed by atoms with van der Waals surface area (Å²) in [7, 11) is 0. The highest BCUT2D eigenvalue weighted by Gasteiger charge is 2.16. The van der Waals surface area contributed by atoms with E-state index >= 15 is 0 Å². The lowest BCUT2D eigenvalue weighted by molar-refractivity contribution is 0.338. The number of fused-ring (bicyclic) bond motifs is 1. The molecule has 4 rings (SSSR count). The number of rotatable bonds is 5. The number of piperidine rings is 1. The fourth-order valence-electron chi connectivity index (χ4n) is 3.38. The predicted molar refractivity (Wildman–Crippen MR) is 110 cm³/mol. The number of hydrogen-bond acceptors (Lipinski definition) is 7. The third-order valence-electron chi connectivity index (χ3n) is 4.97. The minimum Gasteiger partial charge on any atom is -0.504 e. The first-order valence-electron chi connectivity index (χ1n) is 9.11. The number of phenols is 2. The van der Waals surface area contributed by atoms with Crippen LogP contribution in [0.15, 0.2) is 33.0 Å². The van der Waals surface area contributed by atoms with Gasteiger partial charge in [-0.1, -0.05) is 11.8 Å². The minimum absolute atomic E-state index is 0.153. The molecule has 0 unspecified atom stereocenters. The summed E-state index contributed by atoms with van der Waals surface area (Å²) in [5.41, 5.74) is 1.45. The van der Waals surface area contributed by atoms with Crippen molar-refractivity contribution >= 4 is 38.9 Å². The van der Waals surface area contributed by atoms with Crippen LogP contribution in [-0.4, -0.2) is 42.8 Å². The van der Waals surface area contributed by atoms with E-state index in [2.05, 4.69) is 36.2 Å². The molecule has 28 heavy (non-hydrogen) atoms. The van der Waals surface area contributed by atoms with Crippen molar-refractivity contribution < 1.29 is 10.2 Å². The average molecular weight is 465 g/mol. The molecule has 0 bridgehead atoms. The van der Waals surface area contributed by atoms with Gasteiger partial charge in [0, 0.05) is 15.9 Å². The maximum absolute atomic E-state index is 9.76. The van der Waals surface area contributed by atoms with Gasteiger partial charge in [-0.2, -0.15) is 0 Å². The summed E-state index contributed by atoms with van der Waals surface area (Å²) in [5, 5.41) is 31.4. The van der Waals surface area contributed by atoms with Gasteiger partial charge in [-0.05, 0) is 66.3 Å². The second kappa shape index (κ2) is 8.14. The van der Waals surface area contributed by atoms with Crippen LogP contribution in [-0.2, 0) is 6.54 Å². The van der Waals surface area contributed by atoms with E-state index in [1.807, 2.05) is 4.57 Å². The van der Waals surface area contributed by atoms with Crippen LogP contribution in [0.2, 0.25) is 0 Å². The van der Waals surface area contributed by atoms with Gasteiger partial charge in [0.05, 0.1) is 6.33 Å². The standard InChI is InChI=1S/C18H21BrN6O2S/c19-11-7-12(26)13(27)8-14(11)28-18-23-15-16(20)22-9-25(17(15)24-18)6-3-10-1-4-21-5-2-10/h7-10,20-21,26-27H,1-6H2,(H,23,24). The van der Waals surface area contributed by atoms with E-state index in [-0.39, 0.29) is 17.0 Å². The zero-order valence-corrected chi connectivity index (χ0v) is 17.5. The van der Waals surface area contributed by atoms with Gasteiger partial charge >= 0.3 is 0 Å². The Hall–Kier alpha value is -2.04. The van der Waals surface area contributed by atoms with Crippen molar-refractivity contribution in [1.29, 1.82) is 5.41 Å². The van der Waals surface area contributed by atoms with Gasteiger partial charge in [0.1, 0.15) is 5.52 Å². The monoisotopic (exact) mass is 464 g/mol. The van der Waals surface area contributed by atoms with E-state index in [1.54, 1.807) is 6.33 Å². The van der Waals surface area contributed by atoms with E-state index < -0.39 is 0 Å². The van der Waals surface area contributed by atoms with Crippen LogP contribution >= 0.6 is 27.7 Å². The molecule has 3 aromatic rings. The number of imidazole rings is 1. The maximum atomic E-state index is 9.76. The Labute approximate surface area is 174 Å². The normalized spacial score (nSPS) is 15.3. The fourth-order valence-corrected chi connectivity index (χ4v) is 4.78. The Kier molecular flexibility index (Phi) is 5.61. The number of benzene rings is 1. The number of hydrogen-bond donors (Lipinski definition) is 5.